The van der Waals surface area contributed by atoms with Crippen LogP contribution in [-0.4, -0.2) is 53.0 Å². The third-order valence-corrected chi connectivity index (χ3v) is 5.30. The van der Waals surface area contributed by atoms with Crippen molar-refractivity contribution in [3.05, 3.63) is 34.9 Å². The molecule has 1 fully saturated rings. The summed E-state index contributed by atoms with van der Waals surface area (Å²) in [4.78, 5) is 34.6. The highest BCUT2D eigenvalue weighted by Gasteiger charge is 2.17. The van der Waals surface area contributed by atoms with Gasteiger partial charge in [-0.3, -0.25) is 4.79 Å². The fraction of sp³-hybridized carbons (Fsp3) is 0.429. The van der Waals surface area contributed by atoms with Gasteiger partial charge in [0.1, 0.15) is 5.82 Å². The van der Waals surface area contributed by atoms with Crippen molar-refractivity contribution >= 4 is 51.0 Å². The number of anilines is 4. The van der Waals surface area contributed by atoms with Crippen LogP contribution in [-0.2, 0) is 4.79 Å². The molecule has 1 aromatic carbocycles. The molecule has 9 nitrogen and oxygen atoms in total. The lowest BCUT2D eigenvalue weighted by molar-refractivity contribution is -0.120. The largest absolute Gasteiger partial charge is 0.368 e. The number of amides is 3. The number of rotatable bonds is 9. The first-order valence-electron chi connectivity index (χ1n) is 10.5. The maximum atomic E-state index is 12.3. The van der Waals surface area contributed by atoms with E-state index in [1.165, 1.54) is 0 Å². The van der Waals surface area contributed by atoms with E-state index in [1.54, 1.807) is 6.20 Å². The lowest BCUT2D eigenvalue weighted by Crippen LogP contribution is -2.32. The van der Waals surface area contributed by atoms with E-state index in [1.807, 2.05) is 36.1 Å². The molecule has 1 saturated heterocycles. The Morgan fingerprint density at radius 1 is 1.16 bits per heavy atom. The van der Waals surface area contributed by atoms with Crippen LogP contribution in [0.2, 0.25) is 0 Å². The summed E-state index contributed by atoms with van der Waals surface area (Å²) >= 11 is 3.43. The van der Waals surface area contributed by atoms with Crippen molar-refractivity contribution in [3.63, 3.8) is 0 Å². The molecule has 0 saturated carbocycles. The van der Waals surface area contributed by atoms with Crippen molar-refractivity contribution in [1.29, 1.82) is 0 Å². The molecule has 0 unspecified atom stereocenters. The molecule has 2 aromatic rings. The molecule has 10 heteroatoms. The van der Waals surface area contributed by atoms with Crippen LogP contribution in [0.5, 0.6) is 0 Å². The Kier molecular flexibility index (Phi) is 8.45. The molecule has 0 atom stereocenters. The average Bonchev–Trinajstić information content (AvgIpc) is 3.30. The second-order valence-corrected chi connectivity index (χ2v) is 8.10. The van der Waals surface area contributed by atoms with Gasteiger partial charge in [0, 0.05) is 50.2 Å². The molecule has 1 aliphatic heterocycles. The quantitative estimate of drug-likeness (QED) is 0.424. The van der Waals surface area contributed by atoms with Crippen LogP contribution in [0.1, 0.15) is 32.6 Å². The number of benzene rings is 1. The topological polar surface area (TPSA) is 111 Å². The number of nitrogens with zero attached hydrogens (tertiary/aromatic N) is 3. The second kappa shape index (κ2) is 11.5. The number of halogens is 1. The first-order chi connectivity index (χ1) is 15.0. The highest BCUT2D eigenvalue weighted by molar-refractivity contribution is 9.10. The Morgan fingerprint density at radius 2 is 1.94 bits per heavy atom. The molecule has 31 heavy (non-hydrogen) atoms. The highest BCUT2D eigenvalue weighted by atomic mass is 79.9. The number of aromatic nitrogens is 2. The molecular formula is C21H28BrN7O2. The normalized spacial score (nSPS) is 13.0. The molecule has 0 bridgehead atoms. The van der Waals surface area contributed by atoms with Crippen molar-refractivity contribution in [2.45, 2.75) is 32.6 Å². The van der Waals surface area contributed by atoms with E-state index in [9.17, 15) is 9.59 Å². The summed E-state index contributed by atoms with van der Waals surface area (Å²) in [6.07, 6.45) is 5.02. The molecule has 1 aromatic heterocycles. The van der Waals surface area contributed by atoms with Crippen molar-refractivity contribution in [1.82, 2.24) is 20.2 Å². The van der Waals surface area contributed by atoms with Crippen LogP contribution >= 0.6 is 15.9 Å². The number of likely N-dealkylation sites (tertiary alicyclic amines) is 1. The fourth-order valence-corrected chi connectivity index (χ4v) is 3.46. The van der Waals surface area contributed by atoms with E-state index in [2.05, 4.69) is 47.2 Å². The molecule has 1 aliphatic rings. The zero-order valence-electron chi connectivity index (χ0n) is 17.6. The van der Waals surface area contributed by atoms with Gasteiger partial charge in [0.05, 0.1) is 4.47 Å². The van der Waals surface area contributed by atoms with Crippen LogP contribution in [0.15, 0.2) is 34.9 Å². The third-order valence-electron chi connectivity index (χ3n) is 4.72. The van der Waals surface area contributed by atoms with Crippen LogP contribution < -0.4 is 21.3 Å². The molecule has 0 aliphatic carbocycles. The van der Waals surface area contributed by atoms with Gasteiger partial charge in [0.25, 0.3) is 0 Å². The monoisotopic (exact) mass is 489 g/mol. The van der Waals surface area contributed by atoms with E-state index >= 15 is 0 Å². The minimum absolute atomic E-state index is 0.00525. The summed E-state index contributed by atoms with van der Waals surface area (Å²) in [5.41, 5.74) is 1.46. The Bertz CT molecular complexity index is 903. The van der Waals surface area contributed by atoms with Gasteiger partial charge in [-0.25, -0.2) is 9.78 Å². The van der Waals surface area contributed by atoms with Gasteiger partial charge in [-0.05, 0) is 53.4 Å². The number of hydrogen-bond acceptors (Lipinski definition) is 6. The Balaban J connectivity index is 1.57. The molecule has 166 valence electrons. The second-order valence-electron chi connectivity index (χ2n) is 7.25. The zero-order valence-corrected chi connectivity index (χ0v) is 19.2. The summed E-state index contributed by atoms with van der Waals surface area (Å²) in [6.45, 7) is 4.76. The fourth-order valence-electron chi connectivity index (χ4n) is 3.13. The Morgan fingerprint density at radius 3 is 2.71 bits per heavy atom. The summed E-state index contributed by atoms with van der Waals surface area (Å²) in [6, 6.07) is 7.34. The van der Waals surface area contributed by atoms with Crippen molar-refractivity contribution in [2.75, 3.05) is 42.1 Å². The highest BCUT2D eigenvalue weighted by Crippen LogP contribution is 2.23. The predicted molar refractivity (Wildman–Crippen MR) is 126 cm³/mol. The molecule has 3 amide bonds. The maximum absolute atomic E-state index is 12.3. The summed E-state index contributed by atoms with van der Waals surface area (Å²) in [5, 5.41) is 12.1. The van der Waals surface area contributed by atoms with Crippen molar-refractivity contribution in [2.24, 2.45) is 0 Å². The van der Waals surface area contributed by atoms with E-state index in [0.29, 0.717) is 41.4 Å². The summed E-state index contributed by atoms with van der Waals surface area (Å²) in [7, 11) is 0. The van der Waals surface area contributed by atoms with Crippen LogP contribution in [0.25, 0.3) is 0 Å². The minimum atomic E-state index is -0.0796. The number of nitrogens with one attached hydrogen (secondary N) is 4. The van der Waals surface area contributed by atoms with E-state index in [-0.39, 0.29) is 11.9 Å². The average molecular weight is 490 g/mol. The van der Waals surface area contributed by atoms with E-state index in [4.69, 9.17) is 0 Å². The predicted octanol–water partition coefficient (Wildman–Crippen LogP) is 3.94. The molecule has 0 radical (unpaired) electrons. The standard InChI is InChI=1S/C21H28BrN7O2/c1-2-9-23-18(30)8-10-24-19-17(22)14-25-20(28-19)26-15-6-5-7-16(13-15)27-21(31)29-11-3-4-12-29/h5-7,13-14H,2-4,8-12H2,1H3,(H,23,30)(H,27,31)(H2,24,25,26,28). The van der Waals surface area contributed by atoms with Gasteiger partial charge in [0.15, 0.2) is 0 Å². The van der Waals surface area contributed by atoms with Crippen LogP contribution in [0, 0.1) is 0 Å². The van der Waals surface area contributed by atoms with Gasteiger partial charge in [-0.2, -0.15) is 4.98 Å². The third kappa shape index (κ3) is 7.09. The molecular weight excluding hydrogens is 462 g/mol. The van der Waals surface area contributed by atoms with E-state index < -0.39 is 0 Å². The summed E-state index contributed by atoms with van der Waals surface area (Å²) in [5.74, 6) is 1.01. The van der Waals surface area contributed by atoms with Gasteiger partial charge in [-0.1, -0.05) is 13.0 Å². The Hall–Kier alpha value is -2.88. The van der Waals surface area contributed by atoms with Gasteiger partial charge < -0.3 is 26.2 Å². The minimum Gasteiger partial charge on any atom is -0.368 e. The molecule has 4 N–H and O–H groups in total. The van der Waals surface area contributed by atoms with E-state index in [0.717, 1.165) is 38.0 Å². The van der Waals surface area contributed by atoms with Gasteiger partial charge in [-0.15, -0.1) is 0 Å². The lowest BCUT2D eigenvalue weighted by Gasteiger charge is -2.16. The lowest BCUT2D eigenvalue weighted by atomic mass is 10.3. The van der Waals surface area contributed by atoms with Gasteiger partial charge in [0.2, 0.25) is 11.9 Å². The Labute approximate surface area is 190 Å². The first kappa shape index (κ1) is 22.8. The van der Waals surface area contributed by atoms with Crippen LogP contribution in [0.4, 0.5) is 27.9 Å². The smallest absolute Gasteiger partial charge is 0.321 e. The summed E-state index contributed by atoms with van der Waals surface area (Å²) < 4.78 is 0.707. The van der Waals surface area contributed by atoms with Crippen LogP contribution in [0.3, 0.4) is 0 Å². The number of urea groups is 1. The number of carbonyl (C=O) groups is 2. The zero-order chi connectivity index (χ0) is 22.1. The number of carbonyl (C=O) groups excluding carboxylic acids is 2. The first-order valence-corrected chi connectivity index (χ1v) is 11.3. The van der Waals surface area contributed by atoms with Crippen molar-refractivity contribution < 1.29 is 9.59 Å². The molecule has 0 spiro atoms. The SMILES string of the molecule is CCCNC(=O)CCNc1nc(Nc2cccc(NC(=O)N3CCCC3)c2)ncc1Br. The van der Waals surface area contributed by atoms with Crippen molar-refractivity contribution in [3.8, 4) is 0 Å². The maximum Gasteiger partial charge on any atom is 0.321 e. The molecule has 2 heterocycles. The molecule has 3 rings (SSSR count). The number of hydrogen-bond donors (Lipinski definition) is 4. The van der Waals surface area contributed by atoms with Gasteiger partial charge >= 0.3 is 6.03 Å².